The zero-order valence-electron chi connectivity index (χ0n) is 13.3. The Bertz CT molecular complexity index is 461. The maximum absolute atomic E-state index is 11.6. The lowest BCUT2D eigenvalue weighted by Gasteiger charge is -2.14. The molecule has 5 nitrogen and oxygen atoms in total. The van der Waals surface area contributed by atoms with Gasteiger partial charge in [0.15, 0.2) is 18.1 Å². The van der Waals surface area contributed by atoms with E-state index >= 15 is 0 Å². The number of benzene rings is 1. The molecule has 0 aromatic heterocycles. The largest absolute Gasteiger partial charge is 0.493 e. The molecule has 118 valence electrons. The predicted molar refractivity (Wildman–Crippen MR) is 83.7 cm³/mol. The summed E-state index contributed by atoms with van der Waals surface area (Å²) in [5.41, 5.74) is 7.05. The summed E-state index contributed by atoms with van der Waals surface area (Å²) in [5, 5.41) is 2.77. The molecule has 1 unspecified atom stereocenters. The molecule has 0 aliphatic carbocycles. The molecule has 0 heterocycles. The highest BCUT2D eigenvalue weighted by Gasteiger charge is 2.10. The molecule has 3 N–H and O–H groups in total. The van der Waals surface area contributed by atoms with E-state index in [1.54, 1.807) is 7.11 Å². The number of nitrogens with two attached hydrogens (primary N) is 1. The Hall–Kier alpha value is -1.75. The Morgan fingerprint density at radius 3 is 2.62 bits per heavy atom. The number of hydrogen-bond donors (Lipinski definition) is 2. The van der Waals surface area contributed by atoms with Crippen LogP contribution in [0.2, 0.25) is 0 Å². The first kappa shape index (κ1) is 17.3. The minimum absolute atomic E-state index is 0.0254. The van der Waals surface area contributed by atoms with E-state index in [4.69, 9.17) is 15.2 Å². The summed E-state index contributed by atoms with van der Waals surface area (Å²) in [6.07, 6.45) is 1.72. The van der Waals surface area contributed by atoms with Crippen molar-refractivity contribution in [1.82, 2.24) is 5.32 Å². The summed E-state index contributed by atoms with van der Waals surface area (Å²) in [4.78, 5) is 11.6. The SMILES string of the molecule is CCC(N)Cc1ccc(OCC(=O)NC(C)C)c(OC)c1. The van der Waals surface area contributed by atoms with Gasteiger partial charge in [-0.25, -0.2) is 0 Å². The van der Waals surface area contributed by atoms with Crippen molar-refractivity contribution in [3.8, 4) is 11.5 Å². The average molecular weight is 294 g/mol. The fraction of sp³-hybridized carbons (Fsp3) is 0.562. The molecule has 1 aromatic rings. The molecular weight excluding hydrogens is 268 g/mol. The molecule has 0 aliphatic heterocycles. The van der Waals surface area contributed by atoms with Crippen LogP contribution in [-0.4, -0.2) is 31.7 Å². The van der Waals surface area contributed by atoms with Crippen LogP contribution in [0, 0.1) is 0 Å². The van der Waals surface area contributed by atoms with E-state index in [-0.39, 0.29) is 24.6 Å². The van der Waals surface area contributed by atoms with Gasteiger partial charge in [0.25, 0.3) is 5.91 Å². The van der Waals surface area contributed by atoms with Gasteiger partial charge in [-0.1, -0.05) is 13.0 Å². The second-order valence-corrected chi connectivity index (χ2v) is 5.37. The van der Waals surface area contributed by atoms with Gasteiger partial charge in [0.2, 0.25) is 0 Å². The molecule has 0 saturated heterocycles. The summed E-state index contributed by atoms with van der Waals surface area (Å²) < 4.78 is 10.8. The van der Waals surface area contributed by atoms with Crippen molar-refractivity contribution in [1.29, 1.82) is 0 Å². The summed E-state index contributed by atoms with van der Waals surface area (Å²) >= 11 is 0. The van der Waals surface area contributed by atoms with Crippen molar-refractivity contribution in [3.63, 3.8) is 0 Å². The van der Waals surface area contributed by atoms with Gasteiger partial charge in [-0.2, -0.15) is 0 Å². The van der Waals surface area contributed by atoms with Gasteiger partial charge in [0.05, 0.1) is 7.11 Å². The number of rotatable bonds is 8. The van der Waals surface area contributed by atoms with Crippen LogP contribution in [0.15, 0.2) is 18.2 Å². The number of nitrogens with one attached hydrogen (secondary N) is 1. The van der Waals surface area contributed by atoms with Gasteiger partial charge >= 0.3 is 0 Å². The average Bonchev–Trinajstić information content (AvgIpc) is 2.44. The highest BCUT2D eigenvalue weighted by atomic mass is 16.5. The third kappa shape index (κ3) is 6.04. The second-order valence-electron chi connectivity index (χ2n) is 5.37. The number of ether oxygens (including phenoxy) is 2. The van der Waals surface area contributed by atoms with Crippen LogP contribution in [0.5, 0.6) is 11.5 Å². The predicted octanol–water partition coefficient (Wildman–Crippen LogP) is 1.88. The smallest absolute Gasteiger partial charge is 0.258 e. The topological polar surface area (TPSA) is 73.6 Å². The standard InChI is InChI=1S/C16H26N2O3/c1-5-13(17)8-12-6-7-14(15(9-12)20-4)21-10-16(19)18-11(2)3/h6-7,9,11,13H,5,8,10,17H2,1-4H3,(H,18,19). The second kappa shape index (κ2) is 8.52. The molecule has 0 saturated carbocycles. The molecule has 1 aromatic carbocycles. The van der Waals surface area contributed by atoms with E-state index in [0.717, 1.165) is 18.4 Å². The lowest BCUT2D eigenvalue weighted by atomic mass is 10.0. The molecule has 1 rings (SSSR count). The van der Waals surface area contributed by atoms with Crippen LogP contribution in [0.3, 0.4) is 0 Å². The number of carbonyl (C=O) groups is 1. The van der Waals surface area contributed by atoms with Crippen molar-refractivity contribution >= 4 is 5.91 Å². The highest BCUT2D eigenvalue weighted by molar-refractivity contribution is 5.77. The van der Waals surface area contributed by atoms with E-state index in [1.165, 1.54) is 0 Å². The maximum Gasteiger partial charge on any atom is 0.258 e. The summed E-state index contributed by atoms with van der Waals surface area (Å²) in [5.74, 6) is 1.03. The van der Waals surface area contributed by atoms with Crippen molar-refractivity contribution in [2.45, 2.75) is 45.7 Å². The Labute approximate surface area is 126 Å². The highest BCUT2D eigenvalue weighted by Crippen LogP contribution is 2.28. The first-order valence-electron chi connectivity index (χ1n) is 7.30. The van der Waals surface area contributed by atoms with Crippen molar-refractivity contribution in [2.24, 2.45) is 5.73 Å². The number of methoxy groups -OCH3 is 1. The zero-order chi connectivity index (χ0) is 15.8. The third-order valence-corrected chi connectivity index (χ3v) is 3.06. The van der Waals surface area contributed by atoms with E-state index in [2.05, 4.69) is 12.2 Å². The molecule has 0 bridgehead atoms. The van der Waals surface area contributed by atoms with E-state index in [9.17, 15) is 4.79 Å². The van der Waals surface area contributed by atoms with Gasteiger partial charge < -0.3 is 20.5 Å². The molecule has 1 atom stereocenters. The van der Waals surface area contributed by atoms with Crippen molar-refractivity contribution in [3.05, 3.63) is 23.8 Å². The Kier molecular flexibility index (Phi) is 7.02. The fourth-order valence-electron chi connectivity index (χ4n) is 1.91. The first-order valence-corrected chi connectivity index (χ1v) is 7.30. The minimum Gasteiger partial charge on any atom is -0.493 e. The molecule has 0 radical (unpaired) electrons. The molecule has 5 heteroatoms. The van der Waals surface area contributed by atoms with Crippen molar-refractivity contribution in [2.75, 3.05) is 13.7 Å². The van der Waals surface area contributed by atoms with Gasteiger partial charge in [0, 0.05) is 12.1 Å². The van der Waals surface area contributed by atoms with Crippen LogP contribution in [0.25, 0.3) is 0 Å². The first-order chi connectivity index (χ1) is 9.96. The van der Waals surface area contributed by atoms with Gasteiger partial charge in [-0.3, -0.25) is 4.79 Å². The molecule has 1 amide bonds. The number of carbonyl (C=O) groups excluding carboxylic acids is 1. The van der Waals surface area contributed by atoms with Gasteiger partial charge in [0.1, 0.15) is 0 Å². The van der Waals surface area contributed by atoms with Gasteiger partial charge in [-0.15, -0.1) is 0 Å². The molecule has 21 heavy (non-hydrogen) atoms. The normalized spacial score (nSPS) is 12.1. The maximum atomic E-state index is 11.6. The van der Waals surface area contributed by atoms with Gasteiger partial charge in [-0.05, 0) is 44.4 Å². The monoisotopic (exact) mass is 294 g/mol. The lowest BCUT2D eigenvalue weighted by molar-refractivity contribution is -0.123. The molecule has 0 spiro atoms. The Balaban J connectivity index is 2.68. The Morgan fingerprint density at radius 1 is 1.33 bits per heavy atom. The van der Waals surface area contributed by atoms with Crippen LogP contribution >= 0.6 is 0 Å². The van der Waals surface area contributed by atoms with Crippen LogP contribution in [-0.2, 0) is 11.2 Å². The summed E-state index contributed by atoms with van der Waals surface area (Å²) in [7, 11) is 1.58. The Morgan fingerprint density at radius 2 is 2.05 bits per heavy atom. The molecule has 0 aliphatic rings. The van der Waals surface area contributed by atoms with E-state index < -0.39 is 0 Å². The number of hydrogen-bond acceptors (Lipinski definition) is 4. The minimum atomic E-state index is -0.149. The zero-order valence-corrected chi connectivity index (χ0v) is 13.3. The fourth-order valence-corrected chi connectivity index (χ4v) is 1.91. The van der Waals surface area contributed by atoms with E-state index in [1.807, 2.05) is 32.0 Å². The van der Waals surface area contributed by atoms with Crippen LogP contribution in [0.4, 0.5) is 0 Å². The third-order valence-electron chi connectivity index (χ3n) is 3.06. The summed E-state index contributed by atoms with van der Waals surface area (Å²) in [6, 6.07) is 5.91. The quantitative estimate of drug-likeness (QED) is 0.768. The summed E-state index contributed by atoms with van der Waals surface area (Å²) in [6.45, 7) is 5.85. The molecular formula is C16H26N2O3. The lowest BCUT2D eigenvalue weighted by Crippen LogP contribution is -2.34. The van der Waals surface area contributed by atoms with Crippen LogP contribution < -0.4 is 20.5 Å². The number of amides is 1. The van der Waals surface area contributed by atoms with Crippen LogP contribution in [0.1, 0.15) is 32.8 Å². The van der Waals surface area contributed by atoms with Crippen molar-refractivity contribution < 1.29 is 14.3 Å². The molecule has 0 fully saturated rings. The van der Waals surface area contributed by atoms with E-state index in [0.29, 0.717) is 11.5 Å².